The summed E-state index contributed by atoms with van der Waals surface area (Å²) in [6.07, 6.45) is 8.32. The third-order valence-electron chi connectivity index (χ3n) is 4.82. The highest BCUT2D eigenvalue weighted by Gasteiger charge is 2.28. The smallest absolute Gasteiger partial charge is 0.223 e. The van der Waals surface area contributed by atoms with E-state index in [1.165, 1.54) is 0 Å². The lowest BCUT2D eigenvalue weighted by atomic mass is 9.85. The predicted octanol–water partition coefficient (Wildman–Crippen LogP) is 5.21. The average molecular weight is 411 g/mol. The summed E-state index contributed by atoms with van der Waals surface area (Å²) in [6.45, 7) is 7.32. The number of hydrogen-bond donors (Lipinski definition) is 2. The van der Waals surface area contributed by atoms with Crippen LogP contribution in [-0.4, -0.2) is 21.5 Å². The molecule has 0 saturated carbocycles. The number of allylic oxidation sites excluding steroid dienone is 2. The largest absolute Gasteiger partial charge is 0.354 e. The minimum Gasteiger partial charge on any atom is -0.354 e. The first kappa shape index (κ1) is 20.9. The summed E-state index contributed by atoms with van der Waals surface area (Å²) in [5.41, 5.74) is 3.50. The van der Waals surface area contributed by atoms with Crippen molar-refractivity contribution >= 4 is 23.3 Å². The Morgan fingerprint density at radius 3 is 2.93 bits per heavy atom. The highest BCUT2D eigenvalue weighted by atomic mass is 32.2. The number of thioether (sulfide) groups is 1. The number of nitrogens with zero attached hydrogens (tertiary/aromatic N) is 4. The number of hydrogen-bond acceptors (Lipinski definition) is 7. The predicted molar refractivity (Wildman–Crippen MR) is 123 cm³/mol. The maximum Gasteiger partial charge on any atom is 0.223 e. The van der Waals surface area contributed by atoms with Gasteiger partial charge in [-0.1, -0.05) is 45.0 Å². The number of pyridine rings is 1. The molecule has 0 spiro atoms. The van der Waals surface area contributed by atoms with Gasteiger partial charge in [-0.25, -0.2) is 9.97 Å². The van der Waals surface area contributed by atoms with Gasteiger partial charge in [0.2, 0.25) is 5.95 Å². The van der Waals surface area contributed by atoms with Gasteiger partial charge in [0, 0.05) is 39.1 Å². The Morgan fingerprint density at radius 1 is 1.34 bits per heavy atom. The van der Waals surface area contributed by atoms with Gasteiger partial charge in [0.25, 0.3) is 0 Å². The molecule has 0 aliphatic carbocycles. The number of anilines is 1. The van der Waals surface area contributed by atoms with Gasteiger partial charge in [-0.15, -0.1) is 0 Å². The van der Waals surface area contributed by atoms with Gasteiger partial charge >= 0.3 is 0 Å². The van der Waals surface area contributed by atoms with Crippen LogP contribution in [0, 0.1) is 16.7 Å². The maximum absolute atomic E-state index is 9.78. The summed E-state index contributed by atoms with van der Waals surface area (Å²) in [5.74, 6) is 0.516. The Bertz CT molecular complexity index is 954. The normalized spacial score (nSPS) is 15.3. The van der Waals surface area contributed by atoms with Crippen LogP contribution in [0.1, 0.15) is 47.7 Å². The number of nitrogens with one attached hydrogen (secondary N) is 2. The molecule has 0 unspecified atom stereocenters. The summed E-state index contributed by atoms with van der Waals surface area (Å²) < 4.78 is 0. The Morgan fingerprint density at radius 2 is 2.21 bits per heavy atom. The average Bonchev–Trinajstić information content (AvgIpc) is 3.21. The van der Waals surface area contributed by atoms with E-state index in [1.807, 2.05) is 18.3 Å². The molecule has 2 N–H and O–H groups in total. The Balaban J connectivity index is 0.00000240. The molecule has 6 nitrogen and oxygen atoms in total. The van der Waals surface area contributed by atoms with Gasteiger partial charge in [0.15, 0.2) is 0 Å². The molecule has 3 rings (SSSR count). The molecule has 2 aromatic heterocycles. The molecule has 0 atom stereocenters. The van der Waals surface area contributed by atoms with Crippen molar-refractivity contribution < 1.29 is 2.85 Å². The Hall–Kier alpha value is -2.85. The Kier molecular flexibility index (Phi) is 6.89. The van der Waals surface area contributed by atoms with E-state index >= 15 is 0 Å². The van der Waals surface area contributed by atoms with E-state index in [0.717, 1.165) is 35.6 Å². The lowest BCUT2D eigenvalue weighted by Gasteiger charge is -2.26. The van der Waals surface area contributed by atoms with E-state index in [9.17, 15) is 5.26 Å². The third-order valence-corrected chi connectivity index (χ3v) is 5.71. The fourth-order valence-corrected chi connectivity index (χ4v) is 4.23. The molecule has 7 heteroatoms. The van der Waals surface area contributed by atoms with Gasteiger partial charge in [-0.3, -0.25) is 4.98 Å². The summed E-state index contributed by atoms with van der Waals surface area (Å²) in [7, 11) is 0. The van der Waals surface area contributed by atoms with Crippen molar-refractivity contribution in [2.24, 2.45) is 5.41 Å². The van der Waals surface area contributed by atoms with Crippen LogP contribution in [0.2, 0.25) is 0 Å². The molecule has 0 amide bonds. The molecular formula is C22H30N6S. The summed E-state index contributed by atoms with van der Waals surface area (Å²) in [6, 6.07) is 8.05. The standard InChI is InChI=1S/C22H26N6S.2H2/c1-4-9-22(2,3)19-15-29-20(28-19)17(13-23)18-8-12-26-21(27-18)25-11-7-16-6-5-10-24-14-16;;/h5-6,8,10,12,14-15,28H,4,7,9,11H2,1-3H3,(H,25,26,27);2*1H/b20-17-;;. The number of nitriles is 1. The maximum atomic E-state index is 9.78. The number of rotatable bonds is 8. The fourth-order valence-electron chi connectivity index (χ4n) is 3.18. The van der Waals surface area contributed by atoms with E-state index < -0.39 is 0 Å². The van der Waals surface area contributed by atoms with Gasteiger partial charge in [-0.2, -0.15) is 5.26 Å². The van der Waals surface area contributed by atoms with Crippen molar-refractivity contribution in [1.82, 2.24) is 20.3 Å². The summed E-state index contributed by atoms with van der Waals surface area (Å²) in [5, 5.41) is 19.4. The van der Waals surface area contributed by atoms with Crippen LogP contribution in [0.5, 0.6) is 0 Å². The molecule has 29 heavy (non-hydrogen) atoms. The third kappa shape index (κ3) is 5.36. The molecule has 0 radical (unpaired) electrons. The minimum atomic E-state index is 0. The SMILES string of the molecule is CCCC(C)(C)C1=CS/C(=C(/C#N)c2ccnc(NCCc3cccnc3)n2)N1.[HH].[HH]. The molecular weight excluding hydrogens is 380 g/mol. The fraction of sp³-hybridized carbons (Fsp3) is 0.364. The number of aromatic nitrogens is 3. The molecule has 0 aromatic carbocycles. The Labute approximate surface area is 179 Å². The van der Waals surface area contributed by atoms with Gasteiger partial charge in [0.1, 0.15) is 11.6 Å². The minimum absolute atomic E-state index is 0. The van der Waals surface area contributed by atoms with E-state index in [-0.39, 0.29) is 8.27 Å². The summed E-state index contributed by atoms with van der Waals surface area (Å²) in [4.78, 5) is 13.0. The van der Waals surface area contributed by atoms with Crippen LogP contribution in [0.3, 0.4) is 0 Å². The second kappa shape index (κ2) is 9.57. The lowest BCUT2D eigenvalue weighted by Crippen LogP contribution is -2.23. The van der Waals surface area contributed by atoms with Crippen molar-refractivity contribution in [2.45, 2.75) is 40.0 Å². The van der Waals surface area contributed by atoms with E-state index in [0.29, 0.717) is 23.8 Å². The van der Waals surface area contributed by atoms with Gasteiger partial charge in [-0.05, 0) is 35.9 Å². The zero-order chi connectivity index (χ0) is 20.7. The van der Waals surface area contributed by atoms with Crippen molar-refractivity contribution in [3.63, 3.8) is 0 Å². The van der Waals surface area contributed by atoms with Crippen LogP contribution in [0.25, 0.3) is 5.57 Å². The molecule has 0 fully saturated rings. The van der Waals surface area contributed by atoms with E-state index in [4.69, 9.17) is 0 Å². The van der Waals surface area contributed by atoms with Crippen LogP contribution < -0.4 is 10.6 Å². The van der Waals surface area contributed by atoms with Gasteiger partial charge < -0.3 is 10.6 Å². The molecule has 1 aliphatic heterocycles. The molecule has 0 saturated heterocycles. The molecule has 1 aliphatic rings. The van der Waals surface area contributed by atoms with Crippen molar-refractivity contribution in [3.05, 3.63) is 64.2 Å². The zero-order valence-corrected chi connectivity index (χ0v) is 17.9. The van der Waals surface area contributed by atoms with Crippen molar-refractivity contribution in [3.8, 4) is 6.07 Å². The monoisotopic (exact) mass is 410 g/mol. The van der Waals surface area contributed by atoms with Crippen molar-refractivity contribution in [1.29, 1.82) is 5.26 Å². The van der Waals surface area contributed by atoms with E-state index in [2.05, 4.69) is 57.8 Å². The van der Waals surface area contributed by atoms with Crippen LogP contribution >= 0.6 is 11.8 Å². The van der Waals surface area contributed by atoms with Crippen LogP contribution in [0.4, 0.5) is 5.95 Å². The first-order valence-electron chi connectivity index (χ1n) is 9.78. The van der Waals surface area contributed by atoms with Crippen molar-refractivity contribution in [2.75, 3.05) is 11.9 Å². The van der Waals surface area contributed by atoms with Crippen LogP contribution in [-0.2, 0) is 6.42 Å². The molecule has 154 valence electrons. The topological polar surface area (TPSA) is 86.5 Å². The first-order chi connectivity index (χ1) is 14.0. The second-order valence-electron chi connectivity index (χ2n) is 7.53. The molecule has 3 heterocycles. The van der Waals surface area contributed by atoms with Crippen LogP contribution in [0.15, 0.2) is 52.9 Å². The highest BCUT2D eigenvalue weighted by Crippen LogP contribution is 2.40. The molecule has 2 aromatic rings. The molecule has 0 bridgehead atoms. The summed E-state index contributed by atoms with van der Waals surface area (Å²) >= 11 is 1.55. The lowest BCUT2D eigenvalue weighted by molar-refractivity contribution is 0.387. The first-order valence-corrected chi connectivity index (χ1v) is 10.7. The van der Waals surface area contributed by atoms with E-state index in [1.54, 1.807) is 30.2 Å². The highest BCUT2D eigenvalue weighted by molar-refractivity contribution is 8.06. The quantitative estimate of drug-likeness (QED) is 0.577. The second-order valence-corrected chi connectivity index (χ2v) is 8.41. The zero-order valence-electron chi connectivity index (χ0n) is 17.1. The van der Waals surface area contributed by atoms with Gasteiger partial charge in [0.05, 0.1) is 10.7 Å².